The molecule has 2 aromatic carbocycles. The number of hydrogen-bond donors (Lipinski definition) is 1. The molecule has 19 heavy (non-hydrogen) atoms. The highest BCUT2D eigenvalue weighted by molar-refractivity contribution is 7.98. The maximum Gasteiger partial charge on any atom is 0.0545 e. The Labute approximate surface area is 124 Å². The van der Waals surface area contributed by atoms with Gasteiger partial charge in [0, 0.05) is 17.2 Å². The summed E-state index contributed by atoms with van der Waals surface area (Å²) >= 11 is 8.11. The summed E-state index contributed by atoms with van der Waals surface area (Å²) in [7, 11) is 1.94. The summed E-state index contributed by atoms with van der Waals surface area (Å²) in [6.07, 6.45) is 0. The fourth-order valence-corrected chi connectivity index (χ4v) is 3.27. The monoisotopic (exact) mass is 291 g/mol. The fraction of sp³-hybridized carbons (Fsp3) is 0.250. The van der Waals surface area contributed by atoms with E-state index in [4.69, 9.17) is 11.6 Å². The minimum Gasteiger partial charge on any atom is -0.316 e. The number of rotatable bonds is 5. The lowest BCUT2D eigenvalue weighted by Crippen LogP contribution is -2.04. The van der Waals surface area contributed by atoms with Gasteiger partial charge in [-0.3, -0.25) is 0 Å². The van der Waals surface area contributed by atoms with E-state index in [9.17, 15) is 0 Å². The first-order valence-corrected chi connectivity index (χ1v) is 7.67. The number of thioether (sulfide) groups is 1. The molecule has 2 aromatic rings. The van der Waals surface area contributed by atoms with Crippen molar-refractivity contribution in [3.8, 4) is 0 Å². The largest absolute Gasteiger partial charge is 0.316 e. The van der Waals surface area contributed by atoms with Crippen LogP contribution in [0.2, 0.25) is 5.02 Å². The summed E-state index contributed by atoms with van der Waals surface area (Å²) in [6.45, 7) is 3.00. The van der Waals surface area contributed by atoms with Crippen LogP contribution in [0.5, 0.6) is 0 Å². The van der Waals surface area contributed by atoms with E-state index in [1.54, 1.807) is 11.8 Å². The zero-order valence-electron chi connectivity index (χ0n) is 11.2. The van der Waals surface area contributed by atoms with Gasteiger partial charge in [-0.1, -0.05) is 41.9 Å². The summed E-state index contributed by atoms with van der Waals surface area (Å²) < 4.78 is 0. The van der Waals surface area contributed by atoms with Crippen molar-refractivity contribution in [1.29, 1.82) is 0 Å². The third kappa shape index (κ3) is 4.00. The lowest BCUT2D eigenvalue weighted by molar-refractivity contribution is 0.817. The summed E-state index contributed by atoms with van der Waals surface area (Å²) in [4.78, 5) is 1.14. The van der Waals surface area contributed by atoms with Crippen molar-refractivity contribution in [2.24, 2.45) is 0 Å². The van der Waals surface area contributed by atoms with Gasteiger partial charge in [0.15, 0.2) is 0 Å². The molecule has 0 atom stereocenters. The first kappa shape index (κ1) is 14.4. The third-order valence-corrected chi connectivity index (χ3v) is 4.57. The van der Waals surface area contributed by atoms with Crippen LogP contribution in [0.1, 0.15) is 16.7 Å². The number of halogens is 1. The Balaban J connectivity index is 2.06. The Bertz CT molecular complexity index is 554. The third-order valence-electron chi connectivity index (χ3n) is 3.02. The topological polar surface area (TPSA) is 12.0 Å². The molecule has 0 saturated heterocycles. The Hall–Kier alpha value is -0.960. The number of aryl methyl sites for hydroxylation is 1. The van der Waals surface area contributed by atoms with E-state index in [-0.39, 0.29) is 0 Å². The zero-order valence-corrected chi connectivity index (χ0v) is 12.8. The van der Waals surface area contributed by atoms with E-state index in [0.29, 0.717) is 0 Å². The van der Waals surface area contributed by atoms with Crippen LogP contribution in [0.3, 0.4) is 0 Å². The average molecular weight is 292 g/mol. The second-order valence-electron chi connectivity index (χ2n) is 4.51. The Morgan fingerprint density at radius 1 is 1.16 bits per heavy atom. The second kappa shape index (κ2) is 6.99. The molecule has 0 aromatic heterocycles. The molecule has 0 aliphatic heterocycles. The minimum atomic E-state index is 0.839. The van der Waals surface area contributed by atoms with Crippen molar-refractivity contribution >= 4 is 23.4 Å². The van der Waals surface area contributed by atoms with Gasteiger partial charge in [0.25, 0.3) is 0 Å². The van der Waals surface area contributed by atoms with E-state index in [1.165, 1.54) is 16.7 Å². The van der Waals surface area contributed by atoms with Gasteiger partial charge in [-0.25, -0.2) is 0 Å². The molecule has 0 saturated carbocycles. The standard InChI is InChI=1S/C16H18ClNS/c1-12-5-3-4-6-14(12)11-19-16-8-7-13(10-18-2)9-15(16)17/h3-9,18H,10-11H2,1-2H3. The van der Waals surface area contributed by atoms with Crippen molar-refractivity contribution in [1.82, 2.24) is 5.32 Å². The Kier molecular flexibility index (Phi) is 5.32. The molecule has 0 heterocycles. The van der Waals surface area contributed by atoms with E-state index >= 15 is 0 Å². The highest BCUT2D eigenvalue weighted by atomic mass is 35.5. The molecule has 0 aliphatic rings. The van der Waals surface area contributed by atoms with Gasteiger partial charge in [-0.15, -0.1) is 11.8 Å². The molecule has 100 valence electrons. The molecule has 2 rings (SSSR count). The lowest BCUT2D eigenvalue weighted by atomic mass is 10.1. The number of benzene rings is 2. The first-order valence-electron chi connectivity index (χ1n) is 6.31. The van der Waals surface area contributed by atoms with Gasteiger partial charge in [0.2, 0.25) is 0 Å². The summed E-state index contributed by atoms with van der Waals surface area (Å²) in [5.74, 6) is 0.956. The van der Waals surface area contributed by atoms with Gasteiger partial charge >= 0.3 is 0 Å². The fourth-order valence-electron chi connectivity index (χ4n) is 1.90. The molecule has 0 bridgehead atoms. The van der Waals surface area contributed by atoms with Gasteiger partial charge in [0.05, 0.1) is 5.02 Å². The molecule has 0 amide bonds. The van der Waals surface area contributed by atoms with Crippen LogP contribution in [0.4, 0.5) is 0 Å². The molecule has 0 spiro atoms. The highest BCUT2D eigenvalue weighted by Crippen LogP contribution is 2.31. The first-order chi connectivity index (χ1) is 9.20. The molecule has 0 fully saturated rings. The van der Waals surface area contributed by atoms with Crippen LogP contribution in [-0.2, 0) is 12.3 Å². The van der Waals surface area contributed by atoms with Gasteiger partial charge in [-0.05, 0) is 42.8 Å². The summed E-state index contributed by atoms with van der Waals surface area (Å²) in [5, 5.41) is 3.97. The van der Waals surface area contributed by atoms with Crippen LogP contribution in [-0.4, -0.2) is 7.05 Å². The van der Waals surface area contributed by atoms with Crippen LogP contribution in [0.15, 0.2) is 47.4 Å². The maximum absolute atomic E-state index is 6.32. The lowest BCUT2D eigenvalue weighted by Gasteiger charge is -2.08. The van der Waals surface area contributed by atoms with E-state index in [1.807, 2.05) is 13.1 Å². The van der Waals surface area contributed by atoms with Gasteiger partial charge < -0.3 is 5.32 Å². The van der Waals surface area contributed by atoms with E-state index in [0.717, 1.165) is 22.2 Å². The summed E-state index contributed by atoms with van der Waals surface area (Å²) in [6, 6.07) is 14.8. The Morgan fingerprint density at radius 3 is 2.63 bits per heavy atom. The Morgan fingerprint density at radius 2 is 1.95 bits per heavy atom. The average Bonchev–Trinajstić information content (AvgIpc) is 2.40. The van der Waals surface area contributed by atoms with Crippen molar-refractivity contribution in [2.45, 2.75) is 24.1 Å². The van der Waals surface area contributed by atoms with Crippen molar-refractivity contribution in [3.05, 3.63) is 64.2 Å². The molecule has 0 unspecified atom stereocenters. The molecule has 0 aliphatic carbocycles. The summed E-state index contributed by atoms with van der Waals surface area (Å²) in [5.41, 5.74) is 3.91. The predicted octanol–water partition coefficient (Wildman–Crippen LogP) is 4.66. The van der Waals surface area contributed by atoms with Crippen molar-refractivity contribution in [2.75, 3.05) is 7.05 Å². The van der Waals surface area contributed by atoms with Crippen LogP contribution >= 0.6 is 23.4 Å². The number of hydrogen-bond acceptors (Lipinski definition) is 2. The maximum atomic E-state index is 6.32. The van der Waals surface area contributed by atoms with Crippen LogP contribution < -0.4 is 5.32 Å². The normalized spacial score (nSPS) is 10.7. The molecule has 1 nitrogen and oxygen atoms in total. The van der Waals surface area contributed by atoms with Gasteiger partial charge in [0.1, 0.15) is 0 Å². The smallest absolute Gasteiger partial charge is 0.0545 e. The zero-order chi connectivity index (χ0) is 13.7. The number of nitrogens with one attached hydrogen (secondary N) is 1. The van der Waals surface area contributed by atoms with Gasteiger partial charge in [-0.2, -0.15) is 0 Å². The van der Waals surface area contributed by atoms with E-state index < -0.39 is 0 Å². The molecular formula is C16H18ClNS. The molecule has 0 radical (unpaired) electrons. The van der Waals surface area contributed by atoms with E-state index in [2.05, 4.69) is 48.6 Å². The molecule has 3 heteroatoms. The minimum absolute atomic E-state index is 0.839. The van der Waals surface area contributed by atoms with Crippen molar-refractivity contribution < 1.29 is 0 Å². The quantitative estimate of drug-likeness (QED) is 0.804. The molecular weight excluding hydrogens is 274 g/mol. The predicted molar refractivity (Wildman–Crippen MR) is 85.0 cm³/mol. The second-order valence-corrected chi connectivity index (χ2v) is 5.93. The molecule has 1 N–H and O–H groups in total. The van der Waals surface area contributed by atoms with Crippen LogP contribution in [0, 0.1) is 6.92 Å². The SMILES string of the molecule is CNCc1ccc(SCc2ccccc2C)c(Cl)c1. The van der Waals surface area contributed by atoms with Crippen molar-refractivity contribution in [3.63, 3.8) is 0 Å². The van der Waals surface area contributed by atoms with Crippen LogP contribution in [0.25, 0.3) is 0 Å². The highest BCUT2D eigenvalue weighted by Gasteiger charge is 2.04.